The molecular formula is C28H34ClF2N5O3. The van der Waals surface area contributed by atoms with Crippen molar-refractivity contribution in [3.8, 4) is 6.07 Å². The summed E-state index contributed by atoms with van der Waals surface area (Å²) >= 11 is 6.14. The van der Waals surface area contributed by atoms with Gasteiger partial charge in [0.15, 0.2) is 0 Å². The molecule has 3 saturated heterocycles. The van der Waals surface area contributed by atoms with Crippen LogP contribution in [-0.4, -0.2) is 59.3 Å². The van der Waals surface area contributed by atoms with Gasteiger partial charge in [-0.2, -0.15) is 5.26 Å². The van der Waals surface area contributed by atoms with E-state index in [1.165, 1.54) is 4.90 Å². The number of piperidine rings is 3. The van der Waals surface area contributed by atoms with Crippen LogP contribution in [0.3, 0.4) is 0 Å². The Balaban J connectivity index is 1.38. The SMILES string of the molecule is N#C[C@H](C[C@H]1CCCNC1=O)NC(=O)[C@@H]1[C@H]2CC[C@H](CC2(F)F)N1C(=O)[C@@H](CC1CC1)Nc1cccc(Cl)c1. The second-order valence-corrected chi connectivity index (χ2v) is 11.9. The molecule has 6 atom stereocenters. The minimum absolute atomic E-state index is 0.0971. The fourth-order valence-electron chi connectivity index (χ4n) is 6.44. The number of nitrogens with one attached hydrogen (secondary N) is 3. The molecule has 0 radical (unpaired) electrons. The predicted molar refractivity (Wildman–Crippen MR) is 141 cm³/mol. The topological polar surface area (TPSA) is 114 Å². The van der Waals surface area contributed by atoms with Gasteiger partial charge in [0.2, 0.25) is 17.7 Å². The standard InChI is InChI=1S/C28H34ClF2N5O3/c29-18-4-1-5-19(13-18)34-23(11-16-6-7-16)27(39)36-21-8-9-22(28(30,31)14-21)24(36)26(38)35-20(15-32)12-17-3-2-10-33-25(17)37/h1,4-5,13,16-17,20-24,34H,2-3,6-12,14H2,(H,33,37)(H,35,38)/t17-,20+,21-,22-,23-,24+/m1/s1. The molecule has 3 amide bonds. The molecule has 39 heavy (non-hydrogen) atoms. The van der Waals surface area contributed by atoms with Gasteiger partial charge in [0.05, 0.1) is 12.0 Å². The molecule has 3 N–H and O–H groups in total. The molecule has 0 unspecified atom stereocenters. The van der Waals surface area contributed by atoms with E-state index in [0.717, 1.165) is 19.3 Å². The van der Waals surface area contributed by atoms with E-state index in [2.05, 4.69) is 16.0 Å². The zero-order valence-corrected chi connectivity index (χ0v) is 22.4. The number of amides is 3. The Bertz CT molecular complexity index is 1160. The van der Waals surface area contributed by atoms with Crippen LogP contribution in [0.15, 0.2) is 24.3 Å². The van der Waals surface area contributed by atoms with Gasteiger partial charge in [0.25, 0.3) is 5.92 Å². The normalized spacial score (nSPS) is 29.1. The summed E-state index contributed by atoms with van der Waals surface area (Å²) in [5.41, 5.74) is 0.644. The summed E-state index contributed by atoms with van der Waals surface area (Å²) in [5, 5.41) is 18.9. The molecule has 2 saturated carbocycles. The number of nitriles is 1. The number of benzene rings is 1. The first-order valence-corrected chi connectivity index (χ1v) is 14.2. The molecule has 0 spiro atoms. The molecule has 8 nitrogen and oxygen atoms in total. The zero-order valence-electron chi connectivity index (χ0n) is 21.7. The molecular weight excluding hydrogens is 528 g/mol. The number of carbonyl (C=O) groups is 3. The van der Waals surface area contributed by atoms with E-state index in [9.17, 15) is 19.6 Å². The minimum atomic E-state index is -3.10. The number of hydrogen-bond donors (Lipinski definition) is 3. The Morgan fingerprint density at radius 1 is 1.21 bits per heavy atom. The van der Waals surface area contributed by atoms with Crippen molar-refractivity contribution in [3.63, 3.8) is 0 Å². The Morgan fingerprint density at radius 2 is 2.00 bits per heavy atom. The third kappa shape index (κ3) is 6.13. The zero-order chi connectivity index (χ0) is 27.7. The van der Waals surface area contributed by atoms with Gasteiger partial charge in [-0.1, -0.05) is 30.5 Å². The van der Waals surface area contributed by atoms with Crippen molar-refractivity contribution in [3.05, 3.63) is 29.3 Å². The van der Waals surface area contributed by atoms with Gasteiger partial charge in [0, 0.05) is 35.6 Å². The number of carbonyl (C=O) groups excluding carboxylic acids is 3. The van der Waals surface area contributed by atoms with E-state index in [1.54, 1.807) is 24.3 Å². The van der Waals surface area contributed by atoms with Crippen molar-refractivity contribution in [2.75, 3.05) is 11.9 Å². The van der Waals surface area contributed by atoms with E-state index >= 15 is 8.78 Å². The highest BCUT2D eigenvalue weighted by Crippen LogP contribution is 2.49. The number of anilines is 1. The first-order chi connectivity index (χ1) is 18.7. The Kier molecular flexibility index (Phi) is 7.99. The maximum Gasteiger partial charge on any atom is 0.255 e. The first-order valence-electron chi connectivity index (χ1n) is 13.9. The van der Waals surface area contributed by atoms with Gasteiger partial charge in [-0.05, 0) is 62.6 Å². The smallest absolute Gasteiger partial charge is 0.255 e. The largest absolute Gasteiger partial charge is 0.374 e. The van der Waals surface area contributed by atoms with Crippen molar-refractivity contribution in [1.29, 1.82) is 5.26 Å². The molecule has 1 aromatic rings. The number of nitrogens with zero attached hydrogens (tertiary/aromatic N) is 2. The van der Waals surface area contributed by atoms with Crippen LogP contribution in [0.25, 0.3) is 0 Å². The van der Waals surface area contributed by atoms with Gasteiger partial charge in [-0.3, -0.25) is 14.4 Å². The summed E-state index contributed by atoms with van der Waals surface area (Å²) in [6.45, 7) is 0.571. The van der Waals surface area contributed by atoms with Gasteiger partial charge in [0.1, 0.15) is 18.1 Å². The highest BCUT2D eigenvalue weighted by Gasteiger charge is 2.61. The summed E-state index contributed by atoms with van der Waals surface area (Å²) < 4.78 is 30.3. The maximum absolute atomic E-state index is 15.1. The lowest BCUT2D eigenvalue weighted by Gasteiger charge is -2.54. The van der Waals surface area contributed by atoms with Crippen LogP contribution < -0.4 is 16.0 Å². The van der Waals surface area contributed by atoms with Gasteiger partial charge < -0.3 is 20.9 Å². The van der Waals surface area contributed by atoms with E-state index in [0.29, 0.717) is 42.4 Å². The van der Waals surface area contributed by atoms with E-state index in [-0.39, 0.29) is 24.7 Å². The molecule has 210 valence electrons. The summed E-state index contributed by atoms with van der Waals surface area (Å²) in [7, 11) is 0. The van der Waals surface area contributed by atoms with Crippen molar-refractivity contribution >= 4 is 35.0 Å². The lowest BCUT2D eigenvalue weighted by atomic mass is 9.71. The Hall–Kier alpha value is -2.93. The van der Waals surface area contributed by atoms with Gasteiger partial charge in [-0.15, -0.1) is 0 Å². The third-order valence-corrected chi connectivity index (χ3v) is 8.82. The quantitative estimate of drug-likeness (QED) is 0.424. The molecule has 3 heterocycles. The molecule has 5 aliphatic rings. The van der Waals surface area contributed by atoms with Gasteiger partial charge >= 0.3 is 0 Å². The predicted octanol–water partition coefficient (Wildman–Crippen LogP) is 3.86. The number of rotatable bonds is 9. The van der Waals surface area contributed by atoms with Crippen LogP contribution in [0.4, 0.5) is 14.5 Å². The first kappa shape index (κ1) is 27.6. The highest BCUT2D eigenvalue weighted by atomic mass is 35.5. The Morgan fingerprint density at radius 3 is 2.67 bits per heavy atom. The number of hydrogen-bond acceptors (Lipinski definition) is 5. The van der Waals surface area contributed by atoms with Crippen LogP contribution in [0.1, 0.15) is 57.8 Å². The number of halogens is 3. The lowest BCUT2D eigenvalue weighted by Crippen LogP contribution is -2.70. The fraction of sp³-hybridized carbons (Fsp3) is 0.643. The van der Waals surface area contributed by atoms with Crippen LogP contribution in [0.5, 0.6) is 0 Å². The average molecular weight is 562 g/mol. The van der Waals surface area contributed by atoms with E-state index in [1.807, 2.05) is 6.07 Å². The van der Waals surface area contributed by atoms with Crippen LogP contribution in [-0.2, 0) is 14.4 Å². The number of alkyl halides is 2. The summed E-state index contributed by atoms with van der Waals surface area (Å²) in [4.78, 5) is 41.3. The van der Waals surface area contributed by atoms with Crippen molar-refractivity contribution in [2.45, 2.75) is 87.9 Å². The Labute approximate surface area is 231 Å². The molecule has 2 aliphatic carbocycles. The lowest BCUT2D eigenvalue weighted by molar-refractivity contribution is -0.194. The van der Waals surface area contributed by atoms with Crippen LogP contribution in [0.2, 0.25) is 5.02 Å². The number of fused-ring (bicyclic) bond motifs is 3. The van der Waals surface area contributed by atoms with Crippen molar-refractivity contribution in [1.82, 2.24) is 15.5 Å². The average Bonchev–Trinajstić information content (AvgIpc) is 3.72. The minimum Gasteiger partial charge on any atom is -0.374 e. The van der Waals surface area contributed by atoms with Crippen molar-refractivity contribution in [2.24, 2.45) is 17.8 Å². The monoisotopic (exact) mass is 561 g/mol. The molecule has 6 rings (SSSR count). The van der Waals surface area contributed by atoms with Crippen LogP contribution >= 0.6 is 11.6 Å². The third-order valence-electron chi connectivity index (χ3n) is 8.58. The van der Waals surface area contributed by atoms with E-state index < -0.39 is 54.3 Å². The second-order valence-electron chi connectivity index (χ2n) is 11.4. The highest BCUT2D eigenvalue weighted by molar-refractivity contribution is 6.30. The fourth-order valence-corrected chi connectivity index (χ4v) is 6.63. The molecule has 0 aromatic heterocycles. The summed E-state index contributed by atoms with van der Waals surface area (Å²) in [5.74, 6) is -5.83. The molecule has 3 aliphatic heterocycles. The maximum atomic E-state index is 15.1. The summed E-state index contributed by atoms with van der Waals surface area (Å²) in [6, 6.07) is 5.10. The molecule has 5 fully saturated rings. The van der Waals surface area contributed by atoms with E-state index in [4.69, 9.17) is 11.6 Å². The molecule has 1 aromatic carbocycles. The van der Waals surface area contributed by atoms with Crippen LogP contribution in [0, 0.1) is 29.1 Å². The van der Waals surface area contributed by atoms with Gasteiger partial charge in [-0.25, -0.2) is 8.78 Å². The second kappa shape index (κ2) is 11.3. The molecule has 2 bridgehead atoms. The van der Waals surface area contributed by atoms with Crippen molar-refractivity contribution < 1.29 is 23.2 Å². The molecule has 11 heteroatoms. The summed E-state index contributed by atoms with van der Waals surface area (Å²) in [6.07, 6.45) is 4.01.